The number of carbonyl (C=O) groups is 1. The van der Waals surface area contributed by atoms with Crippen LogP contribution in [0.2, 0.25) is 0 Å². The van der Waals surface area contributed by atoms with E-state index in [4.69, 9.17) is 14.4 Å². The molecule has 0 radical (unpaired) electrons. The second-order valence-corrected chi connectivity index (χ2v) is 10.0. The zero-order valence-electron chi connectivity index (χ0n) is 22.3. The SMILES string of the molecule is CCN1CCC(C(=O)NO)(N(O)Sc2ccc(OCCCc3nc(-c4ccccc4)no3)cc2)CC1.OC(F)(F)F. The second kappa shape index (κ2) is 15.1. The van der Waals surface area contributed by atoms with Gasteiger partial charge in [-0.15, -0.1) is 17.6 Å². The summed E-state index contributed by atoms with van der Waals surface area (Å²) < 4.78 is 41.8. The van der Waals surface area contributed by atoms with Crippen molar-refractivity contribution in [1.29, 1.82) is 0 Å². The first-order chi connectivity index (χ1) is 19.5. The van der Waals surface area contributed by atoms with Crippen molar-refractivity contribution in [2.75, 3.05) is 26.2 Å². The van der Waals surface area contributed by atoms with Crippen molar-refractivity contribution in [3.8, 4) is 17.1 Å². The molecule has 1 aromatic heterocycles. The van der Waals surface area contributed by atoms with E-state index in [1.54, 1.807) is 5.48 Å². The van der Waals surface area contributed by atoms with Crippen LogP contribution in [-0.4, -0.2) is 79.1 Å². The summed E-state index contributed by atoms with van der Waals surface area (Å²) in [6, 6.07) is 16.9. The van der Waals surface area contributed by atoms with Crippen molar-refractivity contribution in [3.05, 3.63) is 60.5 Å². The zero-order valence-corrected chi connectivity index (χ0v) is 23.1. The number of aliphatic hydroxyl groups is 1. The Morgan fingerprint density at radius 3 is 2.39 bits per heavy atom. The van der Waals surface area contributed by atoms with Crippen LogP contribution in [0.25, 0.3) is 11.4 Å². The maximum atomic E-state index is 12.5. The molecule has 3 aromatic rings. The van der Waals surface area contributed by atoms with E-state index >= 15 is 0 Å². The summed E-state index contributed by atoms with van der Waals surface area (Å²) in [5.74, 6) is 1.23. The number of aryl methyl sites for hydroxylation is 1. The number of nitrogens with one attached hydrogen (secondary N) is 1. The van der Waals surface area contributed by atoms with Gasteiger partial charge in [0.2, 0.25) is 11.7 Å². The number of alkyl halides is 3. The molecule has 1 aliphatic rings. The molecule has 0 unspecified atom stereocenters. The number of ether oxygens (including phenoxy) is 1. The van der Waals surface area contributed by atoms with E-state index in [2.05, 4.69) is 22.0 Å². The number of likely N-dealkylation sites (tertiary alicyclic amines) is 1. The maximum absolute atomic E-state index is 12.5. The summed E-state index contributed by atoms with van der Waals surface area (Å²) in [5, 5.41) is 30.6. The average molecular weight is 600 g/mol. The first-order valence-electron chi connectivity index (χ1n) is 12.8. The number of hydrogen-bond acceptors (Lipinski definition) is 11. The molecule has 0 atom stereocenters. The third kappa shape index (κ3) is 9.98. The molecule has 11 nitrogen and oxygen atoms in total. The lowest BCUT2D eigenvalue weighted by Crippen LogP contribution is -2.60. The maximum Gasteiger partial charge on any atom is 0.519 e. The number of rotatable bonds is 11. The zero-order chi connectivity index (χ0) is 29.9. The molecular formula is C26H32F3N5O6S. The fourth-order valence-electron chi connectivity index (χ4n) is 4.11. The topological polar surface area (TPSA) is 144 Å². The van der Waals surface area contributed by atoms with E-state index in [0.717, 1.165) is 33.4 Å². The van der Waals surface area contributed by atoms with Crippen LogP contribution in [0.5, 0.6) is 5.75 Å². The molecule has 2 aromatic carbocycles. The van der Waals surface area contributed by atoms with Crippen molar-refractivity contribution >= 4 is 17.9 Å². The van der Waals surface area contributed by atoms with Gasteiger partial charge in [-0.05, 0) is 62.0 Å². The predicted molar refractivity (Wildman–Crippen MR) is 142 cm³/mol. The Hall–Kier alpha value is -3.21. The van der Waals surface area contributed by atoms with Gasteiger partial charge in [0.15, 0.2) is 0 Å². The molecule has 0 bridgehead atoms. The Bertz CT molecular complexity index is 1200. The van der Waals surface area contributed by atoms with Gasteiger partial charge in [-0.1, -0.05) is 42.4 Å². The summed E-state index contributed by atoms with van der Waals surface area (Å²) in [6.45, 7) is 4.73. The van der Waals surface area contributed by atoms with Crippen LogP contribution in [0.4, 0.5) is 13.2 Å². The summed E-state index contributed by atoms with van der Waals surface area (Å²) in [6.07, 6.45) is -2.86. The van der Waals surface area contributed by atoms with E-state index in [-0.39, 0.29) is 0 Å². The predicted octanol–water partition coefficient (Wildman–Crippen LogP) is 4.30. The van der Waals surface area contributed by atoms with Gasteiger partial charge in [-0.25, -0.2) is 5.48 Å². The van der Waals surface area contributed by atoms with Gasteiger partial charge in [0.05, 0.1) is 6.61 Å². The molecule has 15 heteroatoms. The molecule has 2 heterocycles. The van der Waals surface area contributed by atoms with Crippen LogP contribution in [0, 0.1) is 0 Å². The van der Waals surface area contributed by atoms with Crippen LogP contribution in [-0.2, 0) is 11.2 Å². The van der Waals surface area contributed by atoms with Crippen LogP contribution in [0.1, 0.15) is 32.1 Å². The molecule has 0 aliphatic carbocycles. The molecule has 224 valence electrons. The second-order valence-electron chi connectivity index (χ2n) is 9.04. The lowest BCUT2D eigenvalue weighted by Gasteiger charge is -2.42. The lowest BCUT2D eigenvalue weighted by molar-refractivity contribution is -0.295. The highest BCUT2D eigenvalue weighted by atomic mass is 32.2. The van der Waals surface area contributed by atoms with Crippen LogP contribution in [0.3, 0.4) is 0 Å². The number of hydroxylamine groups is 2. The molecular weight excluding hydrogens is 567 g/mol. The van der Waals surface area contributed by atoms with Crippen molar-refractivity contribution in [2.45, 2.75) is 49.4 Å². The molecule has 1 amide bonds. The number of benzene rings is 2. The largest absolute Gasteiger partial charge is 0.519 e. The molecule has 0 spiro atoms. The minimum Gasteiger partial charge on any atom is -0.494 e. The van der Waals surface area contributed by atoms with E-state index in [1.165, 1.54) is 0 Å². The highest BCUT2D eigenvalue weighted by Crippen LogP contribution is 2.36. The Labute approximate surface area is 239 Å². The van der Waals surface area contributed by atoms with Gasteiger partial charge < -0.3 is 24.5 Å². The Morgan fingerprint density at radius 2 is 1.80 bits per heavy atom. The average Bonchev–Trinajstić information content (AvgIpc) is 3.44. The van der Waals surface area contributed by atoms with E-state index in [9.17, 15) is 28.4 Å². The summed E-state index contributed by atoms with van der Waals surface area (Å²) in [7, 11) is 0. The van der Waals surface area contributed by atoms with Crippen molar-refractivity contribution in [3.63, 3.8) is 0 Å². The fourth-order valence-corrected chi connectivity index (χ4v) is 5.00. The van der Waals surface area contributed by atoms with E-state index in [0.29, 0.717) is 62.8 Å². The van der Waals surface area contributed by atoms with Gasteiger partial charge >= 0.3 is 6.36 Å². The number of halogens is 3. The van der Waals surface area contributed by atoms with Gasteiger partial charge in [-0.2, -0.15) is 4.98 Å². The minimum atomic E-state index is -5.00. The van der Waals surface area contributed by atoms with Crippen molar-refractivity contribution in [2.24, 2.45) is 0 Å². The monoisotopic (exact) mass is 599 g/mol. The van der Waals surface area contributed by atoms with Gasteiger partial charge in [0.1, 0.15) is 11.3 Å². The summed E-state index contributed by atoms with van der Waals surface area (Å²) in [4.78, 5) is 19.8. The molecule has 41 heavy (non-hydrogen) atoms. The Balaban J connectivity index is 0.000000850. The van der Waals surface area contributed by atoms with Gasteiger partial charge in [-0.3, -0.25) is 10.0 Å². The fraction of sp³-hybridized carbons (Fsp3) is 0.423. The molecule has 4 N–H and O–H groups in total. The van der Waals surface area contributed by atoms with Crippen molar-refractivity contribution < 1.29 is 42.7 Å². The molecule has 0 saturated carbocycles. The molecule has 1 fully saturated rings. The van der Waals surface area contributed by atoms with Crippen LogP contribution >= 0.6 is 11.9 Å². The number of carbonyl (C=O) groups excluding carboxylic acids is 1. The van der Waals surface area contributed by atoms with Gasteiger partial charge in [0.25, 0.3) is 5.91 Å². The minimum absolute atomic E-state index is 0.408. The number of amides is 1. The third-order valence-electron chi connectivity index (χ3n) is 6.34. The van der Waals surface area contributed by atoms with Gasteiger partial charge in [0, 0.05) is 30.0 Å². The normalized spacial score (nSPS) is 15.2. The van der Waals surface area contributed by atoms with E-state index < -0.39 is 17.8 Å². The smallest absolute Gasteiger partial charge is 0.494 e. The number of nitrogens with zero attached hydrogens (tertiary/aromatic N) is 4. The standard InChI is InChI=1S/C25H31N5O5S.CHF3O/c1-2-29-16-14-25(15-17-29,24(31)27-32)30(33)36-21-12-10-20(11-13-21)34-18-6-9-22-26-23(28-35-22)19-7-4-3-5-8-19;2-1(3,4)5/h3-5,7-8,10-13,32-33H,2,6,9,14-18H2,1H3,(H,27,31);5H. The number of piperidine rings is 1. The Kier molecular flexibility index (Phi) is 11.9. The summed E-state index contributed by atoms with van der Waals surface area (Å²) >= 11 is 1.05. The van der Waals surface area contributed by atoms with Crippen LogP contribution < -0.4 is 10.2 Å². The van der Waals surface area contributed by atoms with E-state index in [1.807, 2.05) is 54.6 Å². The molecule has 4 rings (SSSR count). The van der Waals surface area contributed by atoms with Crippen LogP contribution in [0.15, 0.2) is 64.0 Å². The first-order valence-corrected chi connectivity index (χ1v) is 13.6. The highest BCUT2D eigenvalue weighted by molar-refractivity contribution is 7.97. The molecule has 1 saturated heterocycles. The third-order valence-corrected chi connectivity index (χ3v) is 7.35. The first kappa shape index (κ1) is 32.3. The van der Waals surface area contributed by atoms with Crippen molar-refractivity contribution in [1.82, 2.24) is 25.0 Å². The Morgan fingerprint density at radius 1 is 1.17 bits per heavy atom. The molecule has 1 aliphatic heterocycles. The lowest BCUT2D eigenvalue weighted by atomic mass is 9.87. The number of aromatic nitrogens is 2. The summed E-state index contributed by atoms with van der Waals surface area (Å²) in [5.41, 5.74) is 1.44. The quantitative estimate of drug-likeness (QED) is 0.108. The highest BCUT2D eigenvalue weighted by Gasteiger charge is 2.47. The number of hydrogen-bond donors (Lipinski definition) is 4.